The van der Waals surface area contributed by atoms with Crippen LogP contribution >= 0.6 is 11.3 Å². The van der Waals surface area contributed by atoms with Crippen molar-refractivity contribution in [1.82, 2.24) is 10.4 Å². The second kappa shape index (κ2) is 5.62. The number of carbonyl (C=O) groups is 2. The maximum atomic E-state index is 11.7. The molecule has 0 aliphatic rings. The second-order valence-electron chi connectivity index (χ2n) is 3.40. The zero-order chi connectivity index (χ0) is 12.1. The topological polar surface area (TPSA) is 61.4 Å². The molecule has 0 unspecified atom stereocenters. The van der Waals surface area contributed by atoms with Crippen molar-refractivity contribution in [2.24, 2.45) is 0 Å². The lowest BCUT2D eigenvalue weighted by Gasteiger charge is -2.12. The fraction of sp³-hybridized carbons (Fsp3) is 0.400. The number of anilines is 1. The number of hydrogen-bond acceptors (Lipinski definition) is 4. The molecule has 0 fully saturated rings. The predicted octanol–water partition coefficient (Wildman–Crippen LogP) is 1.30. The number of hydrogen-bond donors (Lipinski definition) is 2. The Bertz CT molecular complexity index is 387. The Hall–Kier alpha value is -1.40. The van der Waals surface area contributed by atoms with Gasteiger partial charge in [0.05, 0.1) is 5.56 Å². The standard InChI is InChI=1S/C10H15N3O2S/c1-4-8(14)11-10-7(5-6-16-10)9(15)12-13(2)3/h5-6H,4H2,1-3H3,(H,11,14)(H,12,15). The van der Waals surface area contributed by atoms with Crippen molar-refractivity contribution < 1.29 is 9.59 Å². The fourth-order valence-electron chi connectivity index (χ4n) is 1.06. The molecule has 2 N–H and O–H groups in total. The minimum absolute atomic E-state index is 0.0960. The molecule has 0 aromatic carbocycles. The number of hydrazine groups is 1. The molecule has 5 nitrogen and oxygen atoms in total. The molecular formula is C10H15N3O2S. The first-order valence-corrected chi connectivity index (χ1v) is 5.78. The smallest absolute Gasteiger partial charge is 0.268 e. The van der Waals surface area contributed by atoms with Gasteiger partial charge in [0.25, 0.3) is 5.91 Å². The Morgan fingerprint density at radius 1 is 1.44 bits per heavy atom. The van der Waals surface area contributed by atoms with E-state index in [-0.39, 0.29) is 11.8 Å². The highest BCUT2D eigenvalue weighted by atomic mass is 32.1. The van der Waals surface area contributed by atoms with Crippen molar-refractivity contribution in [1.29, 1.82) is 0 Å². The third-order valence-electron chi connectivity index (χ3n) is 1.81. The van der Waals surface area contributed by atoms with Gasteiger partial charge in [0, 0.05) is 20.5 Å². The molecule has 0 aliphatic carbocycles. The zero-order valence-corrected chi connectivity index (χ0v) is 10.4. The van der Waals surface area contributed by atoms with Crippen molar-refractivity contribution in [3.8, 4) is 0 Å². The lowest BCUT2D eigenvalue weighted by molar-refractivity contribution is -0.115. The summed E-state index contributed by atoms with van der Waals surface area (Å²) >= 11 is 1.34. The molecule has 0 bridgehead atoms. The molecule has 16 heavy (non-hydrogen) atoms. The van der Waals surface area contributed by atoms with Crippen LogP contribution in [0.25, 0.3) is 0 Å². The van der Waals surface area contributed by atoms with Crippen LogP contribution in [0.1, 0.15) is 23.7 Å². The molecule has 1 aromatic heterocycles. The Balaban J connectivity index is 2.77. The Kier molecular flexibility index (Phi) is 4.45. The van der Waals surface area contributed by atoms with Crippen LogP contribution in [0.2, 0.25) is 0 Å². The molecule has 2 amide bonds. The predicted molar refractivity (Wildman–Crippen MR) is 64.4 cm³/mol. The van der Waals surface area contributed by atoms with E-state index >= 15 is 0 Å². The van der Waals surface area contributed by atoms with Gasteiger partial charge in [-0.1, -0.05) is 6.92 Å². The highest BCUT2D eigenvalue weighted by Crippen LogP contribution is 2.23. The molecule has 0 saturated heterocycles. The molecule has 6 heteroatoms. The lowest BCUT2D eigenvalue weighted by atomic mass is 10.3. The van der Waals surface area contributed by atoms with E-state index in [0.29, 0.717) is 17.0 Å². The van der Waals surface area contributed by atoms with Crippen molar-refractivity contribution in [3.63, 3.8) is 0 Å². The van der Waals surface area contributed by atoms with E-state index in [1.54, 1.807) is 37.5 Å². The van der Waals surface area contributed by atoms with Gasteiger partial charge in [-0.15, -0.1) is 11.3 Å². The summed E-state index contributed by atoms with van der Waals surface area (Å²) in [6.07, 6.45) is 0.395. The molecule has 1 heterocycles. The van der Waals surface area contributed by atoms with Gasteiger partial charge in [0.2, 0.25) is 5.91 Å². The van der Waals surface area contributed by atoms with E-state index in [9.17, 15) is 9.59 Å². The van der Waals surface area contributed by atoms with E-state index in [2.05, 4.69) is 10.7 Å². The molecule has 0 radical (unpaired) electrons. The highest BCUT2D eigenvalue weighted by Gasteiger charge is 2.14. The summed E-state index contributed by atoms with van der Waals surface area (Å²) in [5.74, 6) is -0.320. The molecule has 0 spiro atoms. The average molecular weight is 241 g/mol. The van der Waals surface area contributed by atoms with Gasteiger partial charge in [-0.3, -0.25) is 15.0 Å². The maximum Gasteiger partial charge on any atom is 0.268 e. The van der Waals surface area contributed by atoms with Crippen molar-refractivity contribution >= 4 is 28.2 Å². The summed E-state index contributed by atoms with van der Waals surface area (Å²) in [6.45, 7) is 1.77. The summed E-state index contributed by atoms with van der Waals surface area (Å²) < 4.78 is 0. The Morgan fingerprint density at radius 2 is 2.12 bits per heavy atom. The first kappa shape index (κ1) is 12.7. The van der Waals surface area contributed by atoms with Crippen LogP contribution in [0.3, 0.4) is 0 Å². The third kappa shape index (κ3) is 3.32. The van der Waals surface area contributed by atoms with Gasteiger partial charge in [0.15, 0.2) is 0 Å². The third-order valence-corrected chi connectivity index (χ3v) is 2.64. The minimum atomic E-state index is -0.224. The molecule has 0 aliphatic heterocycles. The molecule has 0 atom stereocenters. The largest absolute Gasteiger partial charge is 0.317 e. The van der Waals surface area contributed by atoms with E-state index in [4.69, 9.17) is 0 Å². The summed E-state index contributed by atoms with van der Waals surface area (Å²) in [4.78, 5) is 22.9. The van der Waals surface area contributed by atoms with Gasteiger partial charge < -0.3 is 5.32 Å². The van der Waals surface area contributed by atoms with Crippen molar-refractivity contribution in [3.05, 3.63) is 17.0 Å². The van der Waals surface area contributed by atoms with Crippen LogP contribution in [0.5, 0.6) is 0 Å². The zero-order valence-electron chi connectivity index (χ0n) is 9.53. The minimum Gasteiger partial charge on any atom is -0.317 e. The fourth-order valence-corrected chi connectivity index (χ4v) is 1.86. The number of carbonyl (C=O) groups excluding carboxylic acids is 2. The van der Waals surface area contributed by atoms with E-state index in [1.165, 1.54) is 11.3 Å². The first-order valence-electron chi connectivity index (χ1n) is 4.90. The van der Waals surface area contributed by atoms with Crippen LogP contribution in [0.4, 0.5) is 5.00 Å². The highest BCUT2D eigenvalue weighted by molar-refractivity contribution is 7.14. The molecule has 1 rings (SSSR count). The van der Waals surface area contributed by atoms with Gasteiger partial charge >= 0.3 is 0 Å². The summed E-state index contributed by atoms with van der Waals surface area (Å²) in [5, 5.41) is 6.62. The SMILES string of the molecule is CCC(=O)Nc1sccc1C(=O)NN(C)C. The average Bonchev–Trinajstić information content (AvgIpc) is 2.64. The first-order chi connectivity index (χ1) is 7.54. The Labute approximate surface area is 98.4 Å². The van der Waals surface area contributed by atoms with Crippen LogP contribution < -0.4 is 10.7 Å². The number of amides is 2. The van der Waals surface area contributed by atoms with Crippen LogP contribution in [-0.2, 0) is 4.79 Å². The van der Waals surface area contributed by atoms with Crippen molar-refractivity contribution in [2.75, 3.05) is 19.4 Å². The van der Waals surface area contributed by atoms with Crippen molar-refractivity contribution in [2.45, 2.75) is 13.3 Å². The van der Waals surface area contributed by atoms with Crippen LogP contribution in [-0.4, -0.2) is 30.9 Å². The molecule has 1 aromatic rings. The van der Waals surface area contributed by atoms with Gasteiger partial charge in [-0.05, 0) is 11.4 Å². The van der Waals surface area contributed by atoms with Gasteiger partial charge in [0.1, 0.15) is 5.00 Å². The molecule has 0 saturated carbocycles. The Morgan fingerprint density at radius 3 is 2.69 bits per heavy atom. The van der Waals surface area contributed by atoms with Crippen LogP contribution in [0, 0.1) is 0 Å². The van der Waals surface area contributed by atoms with E-state index < -0.39 is 0 Å². The maximum absolute atomic E-state index is 11.7. The quantitative estimate of drug-likeness (QED) is 0.781. The number of nitrogens with one attached hydrogen (secondary N) is 2. The van der Waals surface area contributed by atoms with Crippen LogP contribution in [0.15, 0.2) is 11.4 Å². The van der Waals surface area contributed by atoms with E-state index in [0.717, 1.165) is 0 Å². The lowest BCUT2D eigenvalue weighted by Crippen LogP contribution is -2.36. The second-order valence-corrected chi connectivity index (χ2v) is 4.32. The number of rotatable bonds is 4. The number of nitrogens with zero attached hydrogens (tertiary/aromatic N) is 1. The normalized spacial score (nSPS) is 10.2. The summed E-state index contributed by atoms with van der Waals surface area (Å²) in [5.41, 5.74) is 3.11. The number of thiophene rings is 1. The van der Waals surface area contributed by atoms with Gasteiger partial charge in [-0.25, -0.2) is 5.01 Å². The summed E-state index contributed by atoms with van der Waals surface area (Å²) in [7, 11) is 3.46. The van der Waals surface area contributed by atoms with E-state index in [1.807, 2.05) is 0 Å². The summed E-state index contributed by atoms with van der Waals surface area (Å²) in [6, 6.07) is 1.69. The van der Waals surface area contributed by atoms with Gasteiger partial charge in [-0.2, -0.15) is 0 Å². The molecular weight excluding hydrogens is 226 g/mol. The molecule has 88 valence electrons. The monoisotopic (exact) mass is 241 g/mol.